The predicted octanol–water partition coefficient (Wildman–Crippen LogP) is 1.53. The Bertz CT molecular complexity index is 592. The fourth-order valence-corrected chi connectivity index (χ4v) is 3.10. The number of ether oxygens (including phenoxy) is 2. The van der Waals surface area contributed by atoms with Crippen LogP contribution in [0.3, 0.4) is 0 Å². The Labute approximate surface area is 140 Å². The van der Waals surface area contributed by atoms with Crippen molar-refractivity contribution in [3.8, 4) is 0 Å². The highest BCUT2D eigenvalue weighted by atomic mass is 17.1. The number of aliphatic hydroxyl groups is 1. The predicted molar refractivity (Wildman–Crippen MR) is 83.7 cm³/mol. The third-order valence-electron chi connectivity index (χ3n) is 4.40. The van der Waals surface area contributed by atoms with Crippen LogP contribution < -0.4 is 0 Å². The number of hydrogen-bond donors (Lipinski definition) is 2. The molecule has 0 amide bonds. The van der Waals surface area contributed by atoms with Crippen molar-refractivity contribution in [1.29, 1.82) is 0 Å². The highest BCUT2D eigenvalue weighted by Crippen LogP contribution is 2.36. The minimum absolute atomic E-state index is 0.0851. The van der Waals surface area contributed by atoms with E-state index in [1.165, 1.54) is 6.92 Å². The Kier molecular flexibility index (Phi) is 5.58. The monoisotopic (exact) mass is 338 g/mol. The molecular formula is C17H22O7. The Balaban J connectivity index is 2.42. The summed E-state index contributed by atoms with van der Waals surface area (Å²) in [5.74, 6) is -1.70. The Morgan fingerprint density at radius 2 is 2.04 bits per heavy atom. The summed E-state index contributed by atoms with van der Waals surface area (Å²) >= 11 is 0. The van der Waals surface area contributed by atoms with E-state index in [0.29, 0.717) is 11.1 Å². The molecule has 1 aliphatic carbocycles. The lowest BCUT2D eigenvalue weighted by Crippen LogP contribution is -2.34. The van der Waals surface area contributed by atoms with Gasteiger partial charge in [-0.2, -0.15) is 0 Å². The lowest BCUT2D eigenvalue weighted by atomic mass is 9.83. The Morgan fingerprint density at radius 3 is 2.62 bits per heavy atom. The second-order valence-corrected chi connectivity index (χ2v) is 6.19. The molecule has 0 saturated carbocycles. The van der Waals surface area contributed by atoms with Gasteiger partial charge < -0.3 is 14.6 Å². The van der Waals surface area contributed by atoms with Gasteiger partial charge in [-0.1, -0.05) is 13.2 Å². The van der Waals surface area contributed by atoms with Crippen LogP contribution in [0.25, 0.3) is 0 Å². The van der Waals surface area contributed by atoms with Crippen molar-refractivity contribution >= 4 is 11.9 Å². The largest absolute Gasteiger partial charge is 0.458 e. The summed E-state index contributed by atoms with van der Waals surface area (Å²) < 4.78 is 10.5. The zero-order chi connectivity index (χ0) is 18.0. The molecule has 1 heterocycles. The highest BCUT2D eigenvalue weighted by Gasteiger charge is 2.43. The van der Waals surface area contributed by atoms with Gasteiger partial charge in [-0.15, -0.1) is 0 Å². The third-order valence-corrected chi connectivity index (χ3v) is 4.40. The van der Waals surface area contributed by atoms with Crippen molar-refractivity contribution in [3.63, 3.8) is 0 Å². The number of carbonyl (C=O) groups is 2. The molecule has 0 bridgehead atoms. The average Bonchev–Trinajstić information content (AvgIpc) is 2.76. The van der Waals surface area contributed by atoms with E-state index in [4.69, 9.17) is 14.7 Å². The van der Waals surface area contributed by atoms with Crippen molar-refractivity contribution in [3.05, 3.63) is 36.0 Å². The van der Waals surface area contributed by atoms with E-state index < -0.39 is 42.3 Å². The first-order chi connectivity index (χ1) is 11.2. The number of fused-ring (bicyclic) bond motifs is 1. The van der Waals surface area contributed by atoms with Gasteiger partial charge in [-0.25, -0.2) is 9.68 Å². The van der Waals surface area contributed by atoms with E-state index in [0.717, 1.165) is 0 Å². The molecule has 2 aliphatic rings. The summed E-state index contributed by atoms with van der Waals surface area (Å²) in [6.45, 7) is 10.5. The zero-order valence-corrected chi connectivity index (χ0v) is 13.7. The van der Waals surface area contributed by atoms with Crippen molar-refractivity contribution in [2.75, 3.05) is 0 Å². The molecule has 7 heteroatoms. The molecule has 2 N–H and O–H groups in total. The fraction of sp³-hybridized carbons (Fsp3) is 0.529. The van der Waals surface area contributed by atoms with Crippen molar-refractivity contribution in [1.82, 2.24) is 0 Å². The second-order valence-electron chi connectivity index (χ2n) is 6.19. The van der Waals surface area contributed by atoms with Gasteiger partial charge >= 0.3 is 11.9 Å². The molecule has 0 unspecified atom stereocenters. The van der Waals surface area contributed by atoms with Gasteiger partial charge in [0.15, 0.2) is 0 Å². The molecule has 0 radical (unpaired) electrons. The van der Waals surface area contributed by atoms with E-state index in [9.17, 15) is 14.7 Å². The summed E-state index contributed by atoms with van der Waals surface area (Å²) in [4.78, 5) is 27.6. The lowest BCUT2D eigenvalue weighted by molar-refractivity contribution is -0.273. The first kappa shape index (κ1) is 18.4. The molecule has 5 atom stereocenters. The maximum Gasteiger partial charge on any atom is 0.334 e. The first-order valence-corrected chi connectivity index (χ1v) is 7.65. The van der Waals surface area contributed by atoms with Crippen LogP contribution in [0.2, 0.25) is 0 Å². The fourth-order valence-electron chi connectivity index (χ4n) is 3.10. The molecule has 1 saturated heterocycles. The van der Waals surface area contributed by atoms with Crippen LogP contribution >= 0.6 is 0 Å². The molecule has 2 rings (SSSR count). The van der Waals surface area contributed by atoms with Gasteiger partial charge in [0.2, 0.25) is 0 Å². The summed E-state index contributed by atoms with van der Waals surface area (Å²) in [5, 5.41) is 19.6. The molecule has 1 fully saturated rings. The van der Waals surface area contributed by atoms with E-state index in [1.54, 1.807) is 13.0 Å². The van der Waals surface area contributed by atoms with Crippen molar-refractivity contribution in [2.24, 2.45) is 5.92 Å². The summed E-state index contributed by atoms with van der Waals surface area (Å²) in [5.41, 5.74) is 1.21. The molecule has 0 aromatic carbocycles. The lowest BCUT2D eigenvalue weighted by Gasteiger charge is -2.29. The van der Waals surface area contributed by atoms with E-state index in [-0.39, 0.29) is 18.4 Å². The van der Waals surface area contributed by atoms with Crippen LogP contribution in [-0.2, 0) is 24.0 Å². The zero-order valence-electron chi connectivity index (χ0n) is 13.7. The standard InChI is InChI=1S/C17H22O7/c1-8-5-12(19)16-10(3)17(20)23-15(16)6-9(2)13(22-11(4)18)7-14(8)24-21/h6,12-16,19,21H,1,3,5,7H2,2,4H3/b9-6-/t12-,13+,14-,15-,16-/m0/s1. The van der Waals surface area contributed by atoms with Crippen molar-refractivity contribution < 1.29 is 34.3 Å². The molecule has 24 heavy (non-hydrogen) atoms. The highest BCUT2D eigenvalue weighted by molar-refractivity contribution is 5.91. The smallest absolute Gasteiger partial charge is 0.334 e. The van der Waals surface area contributed by atoms with E-state index in [2.05, 4.69) is 18.0 Å². The number of esters is 2. The van der Waals surface area contributed by atoms with Gasteiger partial charge in [0.25, 0.3) is 0 Å². The summed E-state index contributed by atoms with van der Waals surface area (Å²) in [6, 6.07) is 0. The van der Waals surface area contributed by atoms with E-state index in [1.807, 2.05) is 0 Å². The van der Waals surface area contributed by atoms with Crippen LogP contribution in [0.1, 0.15) is 26.7 Å². The third kappa shape index (κ3) is 3.75. The summed E-state index contributed by atoms with van der Waals surface area (Å²) in [6.07, 6.45) is -1.31. The quantitative estimate of drug-likeness (QED) is 0.259. The Morgan fingerprint density at radius 1 is 1.38 bits per heavy atom. The van der Waals surface area contributed by atoms with Crippen molar-refractivity contribution in [2.45, 2.75) is 51.1 Å². The molecule has 7 nitrogen and oxygen atoms in total. The van der Waals surface area contributed by atoms with Gasteiger partial charge in [-0.3, -0.25) is 10.1 Å². The second kappa shape index (κ2) is 7.29. The van der Waals surface area contributed by atoms with Crippen LogP contribution in [0.4, 0.5) is 0 Å². The van der Waals surface area contributed by atoms with E-state index >= 15 is 0 Å². The molecular weight excluding hydrogens is 316 g/mol. The number of rotatable bonds is 2. The van der Waals surface area contributed by atoms with Gasteiger partial charge in [0.1, 0.15) is 18.3 Å². The number of carbonyl (C=O) groups excluding carboxylic acids is 2. The molecule has 132 valence electrons. The normalized spacial score (nSPS) is 36.4. The van der Waals surface area contributed by atoms with Gasteiger partial charge in [0.05, 0.1) is 12.0 Å². The molecule has 1 aliphatic heterocycles. The molecule has 0 spiro atoms. The topological polar surface area (TPSA) is 102 Å². The molecule has 0 aromatic rings. The SMILES string of the molecule is C=C1C(=O)O[C@H]2/C=C(/C)[C@H](OC(C)=O)C[C@H](OO)C(=C)C[C@H](O)[C@H]12. The first-order valence-electron chi connectivity index (χ1n) is 7.65. The van der Waals surface area contributed by atoms with Gasteiger partial charge in [-0.05, 0) is 30.6 Å². The Hall–Kier alpha value is -1.96. The maximum atomic E-state index is 11.8. The van der Waals surface area contributed by atoms with Crippen LogP contribution in [0.5, 0.6) is 0 Å². The maximum absolute atomic E-state index is 11.8. The van der Waals surface area contributed by atoms with Gasteiger partial charge in [0, 0.05) is 18.9 Å². The average molecular weight is 338 g/mol. The van der Waals surface area contributed by atoms with Crippen LogP contribution in [-0.4, -0.2) is 46.7 Å². The van der Waals surface area contributed by atoms with Crippen LogP contribution in [0, 0.1) is 5.92 Å². The number of aliphatic hydroxyl groups excluding tert-OH is 1. The number of hydrogen-bond acceptors (Lipinski definition) is 7. The van der Waals surface area contributed by atoms with Crippen LogP contribution in [0.15, 0.2) is 36.0 Å². The minimum Gasteiger partial charge on any atom is -0.458 e. The summed E-state index contributed by atoms with van der Waals surface area (Å²) in [7, 11) is 0. The minimum atomic E-state index is -0.964. The molecule has 0 aromatic heterocycles.